The van der Waals surface area contributed by atoms with E-state index in [1.54, 1.807) is 12.1 Å². The second-order valence-electron chi connectivity index (χ2n) is 5.98. The number of nitrogens with zero attached hydrogens (tertiary/aromatic N) is 2. The van der Waals surface area contributed by atoms with Gasteiger partial charge in [0.1, 0.15) is 6.04 Å². The second kappa shape index (κ2) is 6.31. The molecule has 0 aliphatic carbocycles. The molecule has 2 N–H and O–H groups in total. The third kappa shape index (κ3) is 2.95. The summed E-state index contributed by atoms with van der Waals surface area (Å²) in [6.45, 7) is 3.80. The van der Waals surface area contributed by atoms with Crippen LogP contribution in [0, 0.1) is 0 Å². The van der Waals surface area contributed by atoms with Gasteiger partial charge in [-0.05, 0) is 31.5 Å². The fourth-order valence-corrected chi connectivity index (χ4v) is 2.82. The number of carbonyl (C=O) groups is 2. The van der Waals surface area contributed by atoms with Gasteiger partial charge in [0.15, 0.2) is 0 Å². The Bertz CT molecular complexity index is 771. The zero-order chi connectivity index (χ0) is 17.3. The van der Waals surface area contributed by atoms with Gasteiger partial charge in [-0.25, -0.2) is 4.98 Å². The lowest BCUT2D eigenvalue weighted by Gasteiger charge is -2.23. The number of pyridine rings is 1. The molecule has 1 aliphatic rings. The highest BCUT2D eigenvalue weighted by Gasteiger charge is 2.37. The number of primary amides is 1. The Hall–Kier alpha value is -2.89. The molecule has 0 fully saturated rings. The van der Waals surface area contributed by atoms with E-state index in [2.05, 4.69) is 4.98 Å². The van der Waals surface area contributed by atoms with Crippen molar-refractivity contribution < 1.29 is 14.3 Å². The van der Waals surface area contributed by atoms with Crippen molar-refractivity contribution in [1.82, 2.24) is 4.98 Å². The molecule has 0 saturated carbocycles. The third-order valence-corrected chi connectivity index (χ3v) is 3.86. The molecule has 0 unspecified atom stereocenters. The first-order valence-electron chi connectivity index (χ1n) is 7.81. The third-order valence-electron chi connectivity index (χ3n) is 3.86. The van der Waals surface area contributed by atoms with Crippen LogP contribution >= 0.6 is 0 Å². The first-order valence-corrected chi connectivity index (χ1v) is 7.81. The van der Waals surface area contributed by atoms with E-state index >= 15 is 0 Å². The van der Waals surface area contributed by atoms with Crippen LogP contribution in [0.1, 0.15) is 29.8 Å². The minimum Gasteiger partial charge on any atom is -0.475 e. The summed E-state index contributed by atoms with van der Waals surface area (Å²) in [6.07, 6.45) is 1.89. The monoisotopic (exact) mass is 325 g/mol. The van der Waals surface area contributed by atoms with E-state index in [0.717, 1.165) is 5.56 Å². The number of carbonyl (C=O) groups excluding carboxylic acids is 2. The lowest BCUT2D eigenvalue weighted by Crippen LogP contribution is -2.46. The Labute approximate surface area is 140 Å². The number of amides is 2. The second-order valence-corrected chi connectivity index (χ2v) is 5.98. The number of hydrogen-bond donors (Lipinski definition) is 1. The Morgan fingerprint density at radius 2 is 2.00 bits per heavy atom. The van der Waals surface area contributed by atoms with Gasteiger partial charge in [0.2, 0.25) is 11.8 Å². The average Bonchev–Trinajstić information content (AvgIpc) is 2.94. The molecular formula is C18H19N3O3. The molecule has 2 aromatic rings. The van der Waals surface area contributed by atoms with Crippen LogP contribution < -0.4 is 15.4 Å². The van der Waals surface area contributed by atoms with Gasteiger partial charge in [-0.3, -0.25) is 14.5 Å². The predicted molar refractivity (Wildman–Crippen MR) is 89.9 cm³/mol. The number of para-hydroxylation sites is 1. The molecule has 2 heterocycles. The fraction of sp³-hybridized carbons (Fsp3) is 0.278. The average molecular weight is 325 g/mol. The number of hydrogen-bond acceptors (Lipinski definition) is 4. The lowest BCUT2D eigenvalue weighted by molar-refractivity contribution is -0.119. The summed E-state index contributed by atoms with van der Waals surface area (Å²) >= 11 is 0. The normalized spacial score (nSPS) is 16.1. The van der Waals surface area contributed by atoms with Crippen molar-refractivity contribution in [1.29, 1.82) is 0 Å². The first-order chi connectivity index (χ1) is 11.5. The summed E-state index contributed by atoms with van der Waals surface area (Å²) < 4.78 is 5.48. The molecule has 124 valence electrons. The zero-order valence-electron chi connectivity index (χ0n) is 13.6. The zero-order valence-corrected chi connectivity index (χ0v) is 13.6. The number of ether oxygens (including phenoxy) is 1. The summed E-state index contributed by atoms with van der Waals surface area (Å²) in [4.78, 5) is 30.3. The first kappa shape index (κ1) is 16.0. The predicted octanol–water partition coefficient (Wildman–Crippen LogP) is 1.93. The Morgan fingerprint density at radius 1 is 1.25 bits per heavy atom. The highest BCUT2D eigenvalue weighted by atomic mass is 16.5. The van der Waals surface area contributed by atoms with E-state index in [-0.39, 0.29) is 12.0 Å². The summed E-state index contributed by atoms with van der Waals surface area (Å²) in [5, 5.41) is 0. The van der Waals surface area contributed by atoms with Gasteiger partial charge < -0.3 is 10.5 Å². The molecule has 0 saturated heterocycles. The van der Waals surface area contributed by atoms with E-state index in [9.17, 15) is 9.59 Å². The van der Waals surface area contributed by atoms with Crippen molar-refractivity contribution in [3.05, 3.63) is 53.7 Å². The van der Waals surface area contributed by atoms with E-state index in [1.807, 2.05) is 38.1 Å². The maximum Gasteiger partial charge on any atom is 0.260 e. The fourth-order valence-electron chi connectivity index (χ4n) is 2.82. The van der Waals surface area contributed by atoms with E-state index in [1.165, 1.54) is 11.1 Å². The van der Waals surface area contributed by atoms with Gasteiger partial charge in [0.05, 0.1) is 11.7 Å². The number of nitrogens with two attached hydrogens (primary N) is 1. The van der Waals surface area contributed by atoms with Gasteiger partial charge in [0.25, 0.3) is 5.91 Å². The Kier molecular flexibility index (Phi) is 4.20. The van der Waals surface area contributed by atoms with Crippen molar-refractivity contribution in [3.63, 3.8) is 0 Å². The molecule has 0 spiro atoms. The van der Waals surface area contributed by atoms with Crippen LogP contribution in [0.15, 0.2) is 42.6 Å². The van der Waals surface area contributed by atoms with Crippen molar-refractivity contribution in [3.8, 4) is 5.88 Å². The van der Waals surface area contributed by atoms with Gasteiger partial charge in [-0.1, -0.05) is 18.2 Å². The van der Waals surface area contributed by atoms with Crippen LogP contribution in [-0.2, 0) is 11.2 Å². The molecule has 6 heteroatoms. The molecule has 1 aliphatic heterocycles. The Morgan fingerprint density at radius 3 is 2.62 bits per heavy atom. The molecule has 2 amide bonds. The van der Waals surface area contributed by atoms with Crippen molar-refractivity contribution in [2.24, 2.45) is 5.73 Å². The van der Waals surface area contributed by atoms with Gasteiger partial charge in [-0.15, -0.1) is 0 Å². The number of aromatic nitrogens is 1. The standard InChI is InChI=1S/C18H19N3O3/c1-11(2)24-16-8-7-13(10-20-16)18(23)21-14-6-4-3-5-12(14)9-15(21)17(19)22/h3-8,10-11,15H,9H2,1-2H3,(H2,19,22)/t15-/m0/s1. The Balaban J connectivity index is 1.91. The smallest absolute Gasteiger partial charge is 0.260 e. The van der Waals surface area contributed by atoms with E-state index in [4.69, 9.17) is 10.5 Å². The van der Waals surface area contributed by atoms with Crippen LogP contribution in [0.3, 0.4) is 0 Å². The summed E-state index contributed by atoms with van der Waals surface area (Å²) in [5.74, 6) is -0.366. The number of anilines is 1. The quantitative estimate of drug-likeness (QED) is 0.930. The summed E-state index contributed by atoms with van der Waals surface area (Å²) in [5.41, 5.74) is 7.53. The number of benzene rings is 1. The van der Waals surface area contributed by atoms with Crippen molar-refractivity contribution >= 4 is 17.5 Å². The maximum absolute atomic E-state index is 12.9. The summed E-state index contributed by atoms with van der Waals surface area (Å²) in [7, 11) is 0. The van der Waals surface area contributed by atoms with Crippen LogP contribution in [0.25, 0.3) is 0 Å². The van der Waals surface area contributed by atoms with Crippen LogP contribution in [0.4, 0.5) is 5.69 Å². The maximum atomic E-state index is 12.9. The SMILES string of the molecule is CC(C)Oc1ccc(C(=O)N2c3ccccc3C[C@H]2C(N)=O)cn1. The highest BCUT2D eigenvalue weighted by molar-refractivity contribution is 6.11. The minimum atomic E-state index is -0.679. The lowest BCUT2D eigenvalue weighted by atomic mass is 10.1. The molecule has 6 nitrogen and oxygen atoms in total. The van der Waals surface area contributed by atoms with Crippen LogP contribution in [0.5, 0.6) is 5.88 Å². The molecule has 1 aromatic carbocycles. The van der Waals surface area contributed by atoms with E-state index in [0.29, 0.717) is 23.6 Å². The van der Waals surface area contributed by atoms with Crippen LogP contribution in [-0.4, -0.2) is 28.9 Å². The van der Waals surface area contributed by atoms with E-state index < -0.39 is 11.9 Å². The van der Waals surface area contributed by atoms with Crippen molar-refractivity contribution in [2.75, 3.05) is 4.90 Å². The van der Waals surface area contributed by atoms with Gasteiger partial charge in [-0.2, -0.15) is 0 Å². The number of rotatable bonds is 4. The minimum absolute atomic E-state index is 0.00347. The number of fused-ring (bicyclic) bond motifs is 1. The molecule has 1 aromatic heterocycles. The molecule has 0 bridgehead atoms. The molecular weight excluding hydrogens is 306 g/mol. The molecule has 24 heavy (non-hydrogen) atoms. The molecule has 1 atom stereocenters. The van der Waals surface area contributed by atoms with Crippen LogP contribution in [0.2, 0.25) is 0 Å². The highest BCUT2D eigenvalue weighted by Crippen LogP contribution is 2.33. The van der Waals surface area contributed by atoms with Gasteiger partial charge in [0, 0.05) is 24.4 Å². The molecule has 3 rings (SSSR count). The largest absolute Gasteiger partial charge is 0.475 e. The summed E-state index contributed by atoms with van der Waals surface area (Å²) in [6, 6.07) is 10.0. The van der Waals surface area contributed by atoms with Gasteiger partial charge >= 0.3 is 0 Å². The topological polar surface area (TPSA) is 85.5 Å². The van der Waals surface area contributed by atoms with Crippen molar-refractivity contribution in [2.45, 2.75) is 32.4 Å². The molecule has 0 radical (unpaired) electrons.